The van der Waals surface area contributed by atoms with Gasteiger partial charge in [-0.3, -0.25) is 0 Å². The van der Waals surface area contributed by atoms with Crippen LogP contribution in [0.1, 0.15) is 51.6 Å². The molecule has 0 saturated carbocycles. The van der Waals surface area contributed by atoms with Crippen molar-refractivity contribution < 1.29 is 0 Å². The minimum Gasteiger partial charge on any atom is -0.366 e. The molecular weight excluding hydrogens is 208 g/mol. The number of hydrogen-bond acceptors (Lipinski definition) is 2. The van der Waals surface area contributed by atoms with Crippen molar-refractivity contribution in [2.24, 2.45) is 5.73 Å². The number of hydrogen-bond donors (Lipinski definition) is 1. The van der Waals surface area contributed by atoms with E-state index in [-0.39, 0.29) is 6.04 Å². The molecule has 0 radical (unpaired) electrons. The third-order valence-electron chi connectivity index (χ3n) is 3.90. The fourth-order valence-electron chi connectivity index (χ4n) is 3.00. The Hall–Kier alpha value is -1.02. The van der Waals surface area contributed by atoms with Crippen LogP contribution in [0.4, 0.5) is 5.69 Å². The molecule has 2 rings (SSSR count). The summed E-state index contributed by atoms with van der Waals surface area (Å²) in [5.74, 6) is 0. The quantitative estimate of drug-likeness (QED) is 0.846. The van der Waals surface area contributed by atoms with E-state index in [1.54, 1.807) is 0 Å². The van der Waals surface area contributed by atoms with E-state index < -0.39 is 0 Å². The number of anilines is 1. The molecule has 1 aromatic carbocycles. The van der Waals surface area contributed by atoms with Crippen molar-refractivity contribution in [2.45, 2.75) is 58.2 Å². The fourth-order valence-corrected chi connectivity index (χ4v) is 3.00. The Balaban J connectivity index is 2.37. The molecule has 1 aromatic rings. The van der Waals surface area contributed by atoms with Crippen molar-refractivity contribution in [3.05, 3.63) is 29.8 Å². The topological polar surface area (TPSA) is 29.3 Å². The van der Waals surface area contributed by atoms with Crippen LogP contribution in [0.15, 0.2) is 24.3 Å². The molecule has 2 heteroatoms. The van der Waals surface area contributed by atoms with Crippen LogP contribution >= 0.6 is 0 Å². The standard InChI is InChI=1S/C15H24N2/c1-11-7-6-8-12(2)17(11)15-10-5-4-9-14(15)13(3)16/h4-5,9-13H,6-8,16H2,1-3H3. The molecule has 0 amide bonds. The van der Waals surface area contributed by atoms with Gasteiger partial charge < -0.3 is 10.6 Å². The molecule has 0 aromatic heterocycles. The van der Waals surface area contributed by atoms with Gasteiger partial charge in [-0.25, -0.2) is 0 Å². The predicted molar refractivity (Wildman–Crippen MR) is 74.3 cm³/mol. The number of benzene rings is 1. The molecule has 2 N–H and O–H groups in total. The molecule has 3 unspecified atom stereocenters. The molecule has 1 fully saturated rings. The number of para-hydroxylation sites is 1. The van der Waals surface area contributed by atoms with E-state index in [4.69, 9.17) is 5.73 Å². The van der Waals surface area contributed by atoms with E-state index in [9.17, 15) is 0 Å². The maximum atomic E-state index is 6.09. The van der Waals surface area contributed by atoms with Crippen LogP contribution in [0.25, 0.3) is 0 Å². The van der Waals surface area contributed by atoms with E-state index in [2.05, 4.69) is 49.9 Å². The summed E-state index contributed by atoms with van der Waals surface area (Å²) in [7, 11) is 0. The largest absolute Gasteiger partial charge is 0.366 e. The van der Waals surface area contributed by atoms with E-state index in [1.807, 2.05) is 0 Å². The van der Waals surface area contributed by atoms with Crippen molar-refractivity contribution in [2.75, 3.05) is 4.90 Å². The van der Waals surface area contributed by atoms with Crippen LogP contribution < -0.4 is 10.6 Å². The van der Waals surface area contributed by atoms with E-state index in [1.165, 1.54) is 30.5 Å². The van der Waals surface area contributed by atoms with Gasteiger partial charge in [-0.05, 0) is 51.7 Å². The van der Waals surface area contributed by atoms with Crippen molar-refractivity contribution in [3.8, 4) is 0 Å². The van der Waals surface area contributed by atoms with Crippen LogP contribution in [0, 0.1) is 0 Å². The summed E-state index contributed by atoms with van der Waals surface area (Å²) in [6, 6.07) is 9.94. The van der Waals surface area contributed by atoms with E-state index in [0.717, 1.165) is 0 Å². The molecular formula is C15H24N2. The predicted octanol–water partition coefficient (Wildman–Crippen LogP) is 3.47. The highest BCUT2D eigenvalue weighted by molar-refractivity contribution is 5.56. The van der Waals surface area contributed by atoms with Gasteiger partial charge in [-0.15, -0.1) is 0 Å². The van der Waals surface area contributed by atoms with Gasteiger partial charge in [0.05, 0.1) is 0 Å². The van der Waals surface area contributed by atoms with Crippen LogP contribution in [-0.2, 0) is 0 Å². The first-order chi connectivity index (χ1) is 8.11. The Kier molecular flexibility index (Phi) is 3.72. The third-order valence-corrected chi connectivity index (χ3v) is 3.90. The van der Waals surface area contributed by atoms with Crippen LogP contribution in [0.5, 0.6) is 0 Å². The van der Waals surface area contributed by atoms with Crippen LogP contribution in [0.3, 0.4) is 0 Å². The highest BCUT2D eigenvalue weighted by Gasteiger charge is 2.26. The fraction of sp³-hybridized carbons (Fsp3) is 0.600. The molecule has 0 aliphatic carbocycles. The third kappa shape index (κ3) is 2.47. The molecule has 17 heavy (non-hydrogen) atoms. The lowest BCUT2D eigenvalue weighted by atomic mass is 9.94. The van der Waals surface area contributed by atoms with Gasteiger partial charge in [0, 0.05) is 23.8 Å². The molecule has 2 nitrogen and oxygen atoms in total. The van der Waals surface area contributed by atoms with Gasteiger partial charge in [-0.2, -0.15) is 0 Å². The van der Waals surface area contributed by atoms with Crippen LogP contribution in [0.2, 0.25) is 0 Å². The van der Waals surface area contributed by atoms with Gasteiger partial charge in [0.15, 0.2) is 0 Å². The summed E-state index contributed by atoms with van der Waals surface area (Å²) >= 11 is 0. The first-order valence-corrected chi connectivity index (χ1v) is 6.74. The summed E-state index contributed by atoms with van der Waals surface area (Å²) in [4.78, 5) is 2.56. The van der Waals surface area contributed by atoms with Gasteiger partial charge in [0.1, 0.15) is 0 Å². The zero-order valence-corrected chi connectivity index (χ0v) is 11.2. The SMILES string of the molecule is CC(N)c1ccccc1N1C(C)CCCC1C. The number of piperidine rings is 1. The van der Waals surface area contributed by atoms with E-state index in [0.29, 0.717) is 12.1 Å². The Bertz CT molecular complexity index is 363. The van der Waals surface area contributed by atoms with E-state index >= 15 is 0 Å². The van der Waals surface area contributed by atoms with Gasteiger partial charge in [0.2, 0.25) is 0 Å². The van der Waals surface area contributed by atoms with Gasteiger partial charge in [0.25, 0.3) is 0 Å². The second-order valence-corrected chi connectivity index (χ2v) is 5.38. The molecule has 94 valence electrons. The van der Waals surface area contributed by atoms with Crippen LogP contribution in [-0.4, -0.2) is 12.1 Å². The first kappa shape index (κ1) is 12.4. The number of nitrogens with two attached hydrogens (primary N) is 1. The smallest absolute Gasteiger partial charge is 0.0419 e. The maximum absolute atomic E-state index is 6.09. The van der Waals surface area contributed by atoms with Gasteiger partial charge >= 0.3 is 0 Å². The second-order valence-electron chi connectivity index (χ2n) is 5.38. The maximum Gasteiger partial charge on any atom is 0.0419 e. The monoisotopic (exact) mass is 232 g/mol. The second kappa shape index (κ2) is 5.09. The molecule has 1 aliphatic rings. The zero-order chi connectivity index (χ0) is 12.4. The number of rotatable bonds is 2. The lowest BCUT2D eigenvalue weighted by Crippen LogP contribution is -2.44. The molecule has 1 saturated heterocycles. The lowest BCUT2D eigenvalue weighted by Gasteiger charge is -2.42. The van der Waals surface area contributed by atoms with Crippen molar-refractivity contribution in [1.29, 1.82) is 0 Å². The van der Waals surface area contributed by atoms with Crippen molar-refractivity contribution >= 4 is 5.69 Å². The summed E-state index contributed by atoms with van der Waals surface area (Å²) in [6.07, 6.45) is 3.93. The molecule has 1 heterocycles. The summed E-state index contributed by atoms with van der Waals surface area (Å²) in [5.41, 5.74) is 8.69. The highest BCUT2D eigenvalue weighted by Crippen LogP contribution is 2.33. The van der Waals surface area contributed by atoms with Gasteiger partial charge in [-0.1, -0.05) is 18.2 Å². The summed E-state index contributed by atoms with van der Waals surface area (Å²) in [6.45, 7) is 6.72. The minimum absolute atomic E-state index is 0.104. The Labute approximate surface area is 105 Å². The molecule has 0 bridgehead atoms. The molecule has 0 spiro atoms. The average Bonchev–Trinajstić information content (AvgIpc) is 2.29. The van der Waals surface area contributed by atoms with Crippen molar-refractivity contribution in [3.63, 3.8) is 0 Å². The highest BCUT2D eigenvalue weighted by atomic mass is 15.2. The molecule has 1 aliphatic heterocycles. The molecule has 3 atom stereocenters. The summed E-state index contributed by atoms with van der Waals surface area (Å²) in [5, 5.41) is 0. The minimum atomic E-state index is 0.104. The first-order valence-electron chi connectivity index (χ1n) is 6.74. The Morgan fingerprint density at radius 2 is 1.76 bits per heavy atom. The number of nitrogens with zero attached hydrogens (tertiary/aromatic N) is 1. The Morgan fingerprint density at radius 3 is 2.35 bits per heavy atom. The zero-order valence-electron chi connectivity index (χ0n) is 11.2. The average molecular weight is 232 g/mol. The van der Waals surface area contributed by atoms with Crippen molar-refractivity contribution in [1.82, 2.24) is 0 Å². The Morgan fingerprint density at radius 1 is 1.18 bits per heavy atom. The summed E-state index contributed by atoms with van der Waals surface area (Å²) < 4.78 is 0. The lowest BCUT2D eigenvalue weighted by molar-refractivity contribution is 0.413. The normalized spacial score (nSPS) is 26.9.